The second-order valence-corrected chi connectivity index (χ2v) is 5.89. The Labute approximate surface area is 114 Å². The van der Waals surface area contributed by atoms with Gasteiger partial charge in [-0.15, -0.1) is 0 Å². The van der Waals surface area contributed by atoms with Gasteiger partial charge in [-0.1, -0.05) is 62.4 Å². The van der Waals surface area contributed by atoms with E-state index in [9.17, 15) is 0 Å². The number of amidine groups is 1. The van der Waals surface area contributed by atoms with E-state index in [1.807, 2.05) is 11.8 Å². The first-order valence-corrected chi connectivity index (χ1v) is 7.74. The van der Waals surface area contributed by atoms with Crippen molar-refractivity contribution in [3.63, 3.8) is 0 Å². The molecule has 0 fully saturated rings. The summed E-state index contributed by atoms with van der Waals surface area (Å²) < 4.78 is 0. The summed E-state index contributed by atoms with van der Waals surface area (Å²) in [4.78, 5) is 4.63. The van der Waals surface area contributed by atoms with Crippen LogP contribution in [-0.2, 0) is 0 Å². The molecule has 0 aliphatic carbocycles. The van der Waals surface area contributed by atoms with Gasteiger partial charge in [0.15, 0.2) is 5.17 Å². The Balaban J connectivity index is 1.88. The number of nitrogens with one attached hydrogen (secondary N) is 1. The van der Waals surface area contributed by atoms with Gasteiger partial charge in [-0.05, 0) is 18.4 Å². The SMILES string of the molecule is CCCC(CC)NC1=NCC(c2ccccc2)S1. The summed E-state index contributed by atoms with van der Waals surface area (Å²) in [6.45, 7) is 5.38. The molecule has 1 aliphatic rings. The van der Waals surface area contributed by atoms with E-state index in [2.05, 4.69) is 54.5 Å². The number of hydrogen-bond acceptors (Lipinski definition) is 3. The molecule has 1 aromatic rings. The Hall–Kier alpha value is -0.960. The maximum atomic E-state index is 4.63. The molecule has 3 heteroatoms. The van der Waals surface area contributed by atoms with Gasteiger partial charge in [0.25, 0.3) is 0 Å². The van der Waals surface area contributed by atoms with E-state index in [0.717, 1.165) is 11.7 Å². The van der Waals surface area contributed by atoms with Gasteiger partial charge < -0.3 is 5.32 Å². The van der Waals surface area contributed by atoms with Crippen molar-refractivity contribution in [2.24, 2.45) is 4.99 Å². The summed E-state index contributed by atoms with van der Waals surface area (Å²) in [5, 5.41) is 5.20. The molecule has 0 bridgehead atoms. The van der Waals surface area contributed by atoms with Crippen LogP contribution in [-0.4, -0.2) is 17.8 Å². The zero-order chi connectivity index (χ0) is 12.8. The Morgan fingerprint density at radius 3 is 2.78 bits per heavy atom. The van der Waals surface area contributed by atoms with Gasteiger partial charge in [-0.3, -0.25) is 4.99 Å². The third-order valence-electron chi connectivity index (χ3n) is 3.28. The topological polar surface area (TPSA) is 24.4 Å². The van der Waals surface area contributed by atoms with Crippen molar-refractivity contribution < 1.29 is 0 Å². The minimum Gasteiger partial charge on any atom is -0.362 e. The normalized spacial score (nSPS) is 20.6. The van der Waals surface area contributed by atoms with E-state index < -0.39 is 0 Å². The molecule has 2 atom stereocenters. The Bertz CT molecular complexity index is 389. The zero-order valence-corrected chi connectivity index (χ0v) is 12.0. The highest BCUT2D eigenvalue weighted by Crippen LogP contribution is 2.34. The van der Waals surface area contributed by atoms with Crippen molar-refractivity contribution in [3.05, 3.63) is 35.9 Å². The first-order valence-electron chi connectivity index (χ1n) is 6.86. The molecule has 0 amide bonds. The van der Waals surface area contributed by atoms with Gasteiger partial charge in [0.2, 0.25) is 0 Å². The Kier molecular flexibility index (Phi) is 5.12. The molecule has 2 unspecified atom stereocenters. The van der Waals surface area contributed by atoms with E-state index >= 15 is 0 Å². The van der Waals surface area contributed by atoms with E-state index in [4.69, 9.17) is 0 Å². The van der Waals surface area contributed by atoms with Gasteiger partial charge >= 0.3 is 0 Å². The number of aliphatic imine (C=N–C) groups is 1. The number of benzene rings is 1. The predicted octanol–water partition coefficient (Wildman–Crippen LogP) is 4.00. The lowest BCUT2D eigenvalue weighted by molar-refractivity contribution is 0.539. The van der Waals surface area contributed by atoms with Crippen LogP contribution in [0.1, 0.15) is 43.9 Å². The molecule has 1 N–H and O–H groups in total. The Morgan fingerprint density at radius 1 is 1.33 bits per heavy atom. The van der Waals surface area contributed by atoms with Crippen LogP contribution in [0.15, 0.2) is 35.3 Å². The third kappa shape index (κ3) is 3.52. The molecule has 18 heavy (non-hydrogen) atoms. The summed E-state index contributed by atoms with van der Waals surface area (Å²) in [6, 6.07) is 11.2. The third-order valence-corrected chi connectivity index (χ3v) is 4.46. The number of thioether (sulfide) groups is 1. The highest BCUT2D eigenvalue weighted by molar-refractivity contribution is 8.14. The molecule has 1 aliphatic heterocycles. The van der Waals surface area contributed by atoms with E-state index in [1.165, 1.54) is 24.8 Å². The van der Waals surface area contributed by atoms with Crippen molar-refractivity contribution in [2.75, 3.05) is 6.54 Å². The van der Waals surface area contributed by atoms with Crippen LogP contribution in [0.2, 0.25) is 0 Å². The molecule has 0 aromatic heterocycles. The van der Waals surface area contributed by atoms with Crippen LogP contribution in [0.5, 0.6) is 0 Å². The monoisotopic (exact) mass is 262 g/mol. The largest absolute Gasteiger partial charge is 0.362 e. The maximum absolute atomic E-state index is 4.63. The number of hydrogen-bond donors (Lipinski definition) is 1. The molecule has 1 heterocycles. The lowest BCUT2D eigenvalue weighted by Gasteiger charge is -2.17. The van der Waals surface area contributed by atoms with Crippen molar-refractivity contribution in [3.8, 4) is 0 Å². The molecular weight excluding hydrogens is 240 g/mol. The summed E-state index contributed by atoms with van der Waals surface area (Å²) in [5.74, 6) is 0. The second-order valence-electron chi connectivity index (χ2n) is 4.70. The standard InChI is InChI=1S/C15H22N2S/c1-3-8-13(4-2)17-15-16-11-14(18-15)12-9-6-5-7-10-12/h5-7,9-10,13-14H,3-4,8,11H2,1-2H3,(H,16,17). The first-order chi connectivity index (χ1) is 8.83. The van der Waals surface area contributed by atoms with Gasteiger partial charge in [0.05, 0.1) is 11.8 Å². The van der Waals surface area contributed by atoms with Crippen LogP contribution in [0.3, 0.4) is 0 Å². The van der Waals surface area contributed by atoms with Crippen molar-refractivity contribution >= 4 is 16.9 Å². The van der Waals surface area contributed by atoms with Crippen molar-refractivity contribution in [2.45, 2.75) is 44.4 Å². The van der Waals surface area contributed by atoms with Gasteiger partial charge in [0, 0.05) is 6.04 Å². The quantitative estimate of drug-likeness (QED) is 0.867. The summed E-state index contributed by atoms with van der Waals surface area (Å²) in [6.07, 6.45) is 3.63. The van der Waals surface area contributed by atoms with E-state index in [-0.39, 0.29) is 0 Å². The number of rotatable bonds is 5. The predicted molar refractivity (Wildman–Crippen MR) is 81.2 cm³/mol. The average molecular weight is 262 g/mol. The van der Waals surface area contributed by atoms with Crippen LogP contribution < -0.4 is 5.32 Å². The Morgan fingerprint density at radius 2 is 2.11 bits per heavy atom. The van der Waals surface area contributed by atoms with Gasteiger partial charge in [0.1, 0.15) is 0 Å². The van der Waals surface area contributed by atoms with Crippen molar-refractivity contribution in [1.82, 2.24) is 5.32 Å². The van der Waals surface area contributed by atoms with Crippen LogP contribution >= 0.6 is 11.8 Å². The lowest BCUT2D eigenvalue weighted by Crippen LogP contribution is -2.31. The molecule has 1 aromatic carbocycles. The minimum atomic E-state index is 0.493. The van der Waals surface area contributed by atoms with Crippen LogP contribution in [0.25, 0.3) is 0 Å². The van der Waals surface area contributed by atoms with E-state index in [0.29, 0.717) is 11.3 Å². The fourth-order valence-electron chi connectivity index (χ4n) is 2.20. The molecule has 2 rings (SSSR count). The average Bonchev–Trinajstić information content (AvgIpc) is 2.88. The molecule has 2 nitrogen and oxygen atoms in total. The summed E-state index contributed by atoms with van der Waals surface area (Å²) >= 11 is 1.87. The summed E-state index contributed by atoms with van der Waals surface area (Å²) in [7, 11) is 0. The van der Waals surface area contributed by atoms with E-state index in [1.54, 1.807) is 0 Å². The minimum absolute atomic E-state index is 0.493. The first kappa shape index (κ1) is 13.5. The fourth-order valence-corrected chi connectivity index (χ4v) is 3.29. The zero-order valence-electron chi connectivity index (χ0n) is 11.2. The second kappa shape index (κ2) is 6.83. The molecular formula is C15H22N2S. The lowest BCUT2D eigenvalue weighted by atomic mass is 10.1. The molecule has 0 radical (unpaired) electrons. The maximum Gasteiger partial charge on any atom is 0.157 e. The van der Waals surface area contributed by atoms with Crippen LogP contribution in [0, 0.1) is 0 Å². The summed E-state index contributed by atoms with van der Waals surface area (Å²) in [5.41, 5.74) is 1.38. The van der Waals surface area contributed by atoms with Gasteiger partial charge in [-0.2, -0.15) is 0 Å². The molecule has 0 spiro atoms. The fraction of sp³-hybridized carbons (Fsp3) is 0.533. The molecule has 0 saturated carbocycles. The highest BCUT2D eigenvalue weighted by atomic mass is 32.2. The van der Waals surface area contributed by atoms with Gasteiger partial charge in [-0.25, -0.2) is 0 Å². The highest BCUT2D eigenvalue weighted by Gasteiger charge is 2.22. The van der Waals surface area contributed by atoms with Crippen LogP contribution in [0.4, 0.5) is 0 Å². The number of nitrogens with zero attached hydrogens (tertiary/aromatic N) is 1. The molecule has 98 valence electrons. The smallest absolute Gasteiger partial charge is 0.157 e. The van der Waals surface area contributed by atoms with Crippen molar-refractivity contribution in [1.29, 1.82) is 0 Å². The molecule has 0 saturated heterocycles.